The minimum atomic E-state index is -1.22. The lowest BCUT2D eigenvalue weighted by atomic mass is 9.82. The van der Waals surface area contributed by atoms with Crippen molar-refractivity contribution in [2.24, 2.45) is 23.7 Å². The number of fused-ring (bicyclic) bond motifs is 2. The predicted octanol–water partition coefficient (Wildman–Crippen LogP) is -0.364. The maximum atomic E-state index is 12.2. The van der Waals surface area contributed by atoms with E-state index < -0.39 is 29.6 Å². The SMILES string of the molecule is O=C(NNC(=O)[C@H]1[C@H](C(=O)[O-])[C@@H]2C=C[C@H]1C2)c1ccccc1. The fourth-order valence-corrected chi connectivity index (χ4v) is 3.36. The molecular weight excluding hydrogens is 284 g/mol. The number of hydrazine groups is 1. The Kier molecular flexibility index (Phi) is 3.66. The van der Waals surface area contributed by atoms with Crippen molar-refractivity contribution in [1.82, 2.24) is 10.9 Å². The van der Waals surface area contributed by atoms with Crippen LogP contribution in [0.2, 0.25) is 0 Å². The molecule has 2 amide bonds. The number of hydrogen-bond acceptors (Lipinski definition) is 4. The molecule has 4 atom stereocenters. The smallest absolute Gasteiger partial charge is 0.269 e. The van der Waals surface area contributed by atoms with E-state index >= 15 is 0 Å². The van der Waals surface area contributed by atoms with Crippen LogP contribution in [0.4, 0.5) is 0 Å². The third-order valence-electron chi connectivity index (χ3n) is 4.37. The van der Waals surface area contributed by atoms with Crippen LogP contribution in [-0.2, 0) is 9.59 Å². The summed E-state index contributed by atoms with van der Waals surface area (Å²) in [6, 6.07) is 8.44. The summed E-state index contributed by atoms with van der Waals surface area (Å²) in [5, 5.41) is 11.3. The number of carboxylic acids is 1. The molecule has 0 heterocycles. The number of nitrogens with one attached hydrogen (secondary N) is 2. The van der Waals surface area contributed by atoms with E-state index in [0.717, 1.165) is 0 Å². The Balaban J connectivity index is 1.64. The first-order valence-electron chi connectivity index (χ1n) is 7.12. The van der Waals surface area contributed by atoms with Crippen molar-refractivity contribution < 1.29 is 19.5 Å². The molecule has 0 unspecified atom stereocenters. The van der Waals surface area contributed by atoms with Crippen LogP contribution in [0.3, 0.4) is 0 Å². The van der Waals surface area contributed by atoms with Crippen LogP contribution in [0.15, 0.2) is 42.5 Å². The molecule has 1 aromatic carbocycles. The Labute approximate surface area is 127 Å². The van der Waals surface area contributed by atoms with Gasteiger partial charge >= 0.3 is 0 Å². The zero-order valence-corrected chi connectivity index (χ0v) is 11.7. The average molecular weight is 299 g/mol. The number of carbonyl (C=O) groups excluding carboxylic acids is 3. The van der Waals surface area contributed by atoms with Crippen LogP contribution in [0.25, 0.3) is 0 Å². The van der Waals surface area contributed by atoms with Crippen LogP contribution in [0, 0.1) is 23.7 Å². The maximum absolute atomic E-state index is 12.2. The molecule has 0 spiro atoms. The van der Waals surface area contributed by atoms with E-state index in [0.29, 0.717) is 12.0 Å². The third kappa shape index (κ3) is 2.47. The predicted molar refractivity (Wildman–Crippen MR) is 74.8 cm³/mol. The van der Waals surface area contributed by atoms with Gasteiger partial charge in [0.2, 0.25) is 5.91 Å². The standard InChI is InChI=1S/C16H16N2O4/c19-14(9-4-2-1-3-5-9)17-18-15(20)12-10-6-7-11(8-10)13(12)16(21)22/h1-7,10-13H,8H2,(H,17,19)(H,18,20)(H,21,22)/p-1/t10-,11+,12+,13+/m0/s1. The largest absolute Gasteiger partial charge is 0.550 e. The Morgan fingerprint density at radius 1 is 0.955 bits per heavy atom. The first-order valence-corrected chi connectivity index (χ1v) is 7.12. The van der Waals surface area contributed by atoms with Gasteiger partial charge in [0.05, 0.1) is 5.92 Å². The molecule has 114 valence electrons. The summed E-state index contributed by atoms with van der Waals surface area (Å²) in [7, 11) is 0. The zero-order chi connectivity index (χ0) is 15.7. The monoisotopic (exact) mass is 299 g/mol. The van der Waals surface area contributed by atoms with E-state index in [4.69, 9.17) is 0 Å². The fraction of sp³-hybridized carbons (Fsp3) is 0.312. The maximum Gasteiger partial charge on any atom is 0.269 e. The normalized spacial score (nSPS) is 28.4. The summed E-state index contributed by atoms with van der Waals surface area (Å²) in [6.07, 6.45) is 4.34. The summed E-state index contributed by atoms with van der Waals surface area (Å²) in [6.45, 7) is 0. The molecule has 3 rings (SSSR count). The van der Waals surface area contributed by atoms with Gasteiger partial charge in [0.25, 0.3) is 5.91 Å². The average Bonchev–Trinajstić information content (AvgIpc) is 3.14. The van der Waals surface area contributed by atoms with Gasteiger partial charge in [0.1, 0.15) is 0 Å². The summed E-state index contributed by atoms with van der Waals surface area (Å²) < 4.78 is 0. The number of allylic oxidation sites excluding steroid dienone is 2. The van der Waals surface area contributed by atoms with E-state index in [-0.39, 0.29) is 11.8 Å². The molecular formula is C16H15N2O4-. The van der Waals surface area contributed by atoms with Crippen molar-refractivity contribution in [2.75, 3.05) is 0 Å². The van der Waals surface area contributed by atoms with Crippen LogP contribution in [-0.4, -0.2) is 17.8 Å². The van der Waals surface area contributed by atoms with E-state index in [1.807, 2.05) is 12.2 Å². The Morgan fingerprint density at radius 3 is 2.23 bits per heavy atom. The molecule has 2 aliphatic carbocycles. The summed E-state index contributed by atoms with van der Waals surface area (Å²) in [4.78, 5) is 35.4. The lowest BCUT2D eigenvalue weighted by molar-refractivity contribution is -0.313. The quantitative estimate of drug-likeness (QED) is 0.588. The van der Waals surface area contributed by atoms with Crippen LogP contribution in [0.5, 0.6) is 0 Å². The number of rotatable bonds is 3. The molecule has 0 aromatic heterocycles. The highest BCUT2D eigenvalue weighted by molar-refractivity contribution is 5.96. The molecule has 1 aromatic rings. The topological polar surface area (TPSA) is 98.3 Å². The zero-order valence-electron chi connectivity index (χ0n) is 11.7. The summed E-state index contributed by atoms with van der Waals surface area (Å²) in [5.74, 6) is -3.95. The highest BCUT2D eigenvalue weighted by atomic mass is 16.4. The lowest BCUT2D eigenvalue weighted by Gasteiger charge is -2.27. The number of benzene rings is 1. The van der Waals surface area contributed by atoms with Gasteiger partial charge in [-0.3, -0.25) is 20.4 Å². The van der Waals surface area contributed by atoms with Crippen LogP contribution in [0.1, 0.15) is 16.8 Å². The molecule has 1 fully saturated rings. The molecule has 0 saturated heterocycles. The van der Waals surface area contributed by atoms with Gasteiger partial charge in [0, 0.05) is 17.5 Å². The van der Waals surface area contributed by atoms with E-state index in [2.05, 4.69) is 10.9 Å². The lowest BCUT2D eigenvalue weighted by Crippen LogP contribution is -2.50. The fourth-order valence-electron chi connectivity index (χ4n) is 3.36. The number of carboxylic acid groups (broad SMARTS) is 1. The molecule has 0 aliphatic heterocycles. The second kappa shape index (κ2) is 5.63. The number of amides is 2. The highest BCUT2D eigenvalue weighted by Gasteiger charge is 2.48. The van der Waals surface area contributed by atoms with Crippen molar-refractivity contribution >= 4 is 17.8 Å². The molecule has 2 bridgehead atoms. The Hall–Kier alpha value is -2.63. The number of aliphatic carboxylic acids is 1. The van der Waals surface area contributed by atoms with Crippen LogP contribution < -0.4 is 16.0 Å². The van der Waals surface area contributed by atoms with Gasteiger partial charge in [-0.05, 0) is 30.4 Å². The van der Waals surface area contributed by atoms with Gasteiger partial charge < -0.3 is 9.90 Å². The second-order valence-electron chi connectivity index (χ2n) is 5.63. The first-order chi connectivity index (χ1) is 10.6. The van der Waals surface area contributed by atoms with Crippen LogP contribution >= 0.6 is 0 Å². The van der Waals surface area contributed by atoms with Crippen molar-refractivity contribution in [1.29, 1.82) is 0 Å². The van der Waals surface area contributed by atoms with Gasteiger partial charge in [-0.25, -0.2) is 0 Å². The molecule has 6 heteroatoms. The number of hydrogen-bond donors (Lipinski definition) is 2. The van der Waals surface area contributed by atoms with Crippen molar-refractivity contribution in [3.05, 3.63) is 48.0 Å². The second-order valence-corrected chi connectivity index (χ2v) is 5.63. The Morgan fingerprint density at radius 2 is 1.59 bits per heavy atom. The minimum Gasteiger partial charge on any atom is -0.550 e. The molecule has 22 heavy (non-hydrogen) atoms. The summed E-state index contributed by atoms with van der Waals surface area (Å²) >= 11 is 0. The molecule has 6 nitrogen and oxygen atoms in total. The van der Waals surface area contributed by atoms with Gasteiger partial charge in [-0.15, -0.1) is 0 Å². The number of carbonyl (C=O) groups is 3. The van der Waals surface area contributed by atoms with Crippen molar-refractivity contribution in [3.8, 4) is 0 Å². The van der Waals surface area contributed by atoms with Gasteiger partial charge in [0.15, 0.2) is 0 Å². The summed E-state index contributed by atoms with van der Waals surface area (Å²) in [5.41, 5.74) is 5.06. The molecule has 1 saturated carbocycles. The molecule has 0 radical (unpaired) electrons. The van der Waals surface area contributed by atoms with Crippen molar-refractivity contribution in [3.63, 3.8) is 0 Å². The van der Waals surface area contributed by atoms with E-state index in [1.54, 1.807) is 30.3 Å². The minimum absolute atomic E-state index is 0.110. The molecule has 2 aliphatic rings. The van der Waals surface area contributed by atoms with Gasteiger partial charge in [-0.1, -0.05) is 30.4 Å². The van der Waals surface area contributed by atoms with Gasteiger partial charge in [-0.2, -0.15) is 0 Å². The van der Waals surface area contributed by atoms with E-state index in [1.165, 1.54) is 0 Å². The highest BCUT2D eigenvalue weighted by Crippen LogP contribution is 2.47. The third-order valence-corrected chi connectivity index (χ3v) is 4.37. The van der Waals surface area contributed by atoms with Crippen molar-refractivity contribution in [2.45, 2.75) is 6.42 Å². The Bertz CT molecular complexity index is 641. The molecule has 2 N–H and O–H groups in total. The first kappa shape index (κ1) is 14.3. The van der Waals surface area contributed by atoms with E-state index in [9.17, 15) is 19.5 Å².